The number of rotatable bonds is 6. The fourth-order valence-corrected chi connectivity index (χ4v) is 5.32. The van der Waals surface area contributed by atoms with E-state index in [2.05, 4.69) is 4.72 Å². The average Bonchev–Trinajstić information content (AvgIpc) is 3.13. The van der Waals surface area contributed by atoms with Crippen molar-refractivity contribution in [3.63, 3.8) is 0 Å². The van der Waals surface area contributed by atoms with Crippen molar-refractivity contribution in [2.75, 3.05) is 49.2 Å². The van der Waals surface area contributed by atoms with E-state index in [-0.39, 0.29) is 28.0 Å². The fourth-order valence-electron chi connectivity index (χ4n) is 3.53. The van der Waals surface area contributed by atoms with E-state index in [1.807, 2.05) is 4.90 Å². The molecule has 8 nitrogen and oxygen atoms in total. The van der Waals surface area contributed by atoms with E-state index in [9.17, 15) is 17.6 Å². The lowest BCUT2D eigenvalue weighted by atomic mass is 10.2. The molecule has 2 aliphatic rings. The second-order valence-corrected chi connectivity index (χ2v) is 9.95. The number of morpholine rings is 1. The van der Waals surface area contributed by atoms with Crippen molar-refractivity contribution in [1.29, 1.82) is 0 Å². The zero-order valence-electron chi connectivity index (χ0n) is 16.8. The summed E-state index contributed by atoms with van der Waals surface area (Å²) in [6.45, 7) is 2.12. The molecule has 172 valence electrons. The lowest BCUT2D eigenvalue weighted by Crippen LogP contribution is -2.37. The zero-order chi connectivity index (χ0) is 22.9. The highest BCUT2D eigenvalue weighted by Crippen LogP contribution is 2.28. The Hall–Kier alpha value is -2.11. The number of cyclic esters (lactones) is 1. The lowest BCUT2D eigenvalue weighted by molar-refractivity contribution is 0.122. The number of nitrogens with zero attached hydrogens (tertiary/aromatic N) is 2. The third kappa shape index (κ3) is 5.10. The molecule has 2 aromatic carbocycles. The Morgan fingerprint density at radius 3 is 2.44 bits per heavy atom. The van der Waals surface area contributed by atoms with Crippen LogP contribution in [0.4, 0.5) is 20.6 Å². The molecule has 0 aromatic heterocycles. The van der Waals surface area contributed by atoms with Crippen molar-refractivity contribution >= 4 is 50.7 Å². The van der Waals surface area contributed by atoms with E-state index in [1.165, 1.54) is 29.2 Å². The van der Waals surface area contributed by atoms with Crippen LogP contribution in [0.1, 0.15) is 0 Å². The summed E-state index contributed by atoms with van der Waals surface area (Å²) < 4.78 is 52.6. The minimum absolute atomic E-state index is 0.0635. The molecular weight excluding hydrogens is 484 g/mol. The number of carbonyl (C=O) groups is 1. The summed E-state index contributed by atoms with van der Waals surface area (Å²) in [5, 5.41) is 0.359. The minimum Gasteiger partial charge on any atom is -0.443 e. The number of halogens is 3. The van der Waals surface area contributed by atoms with Gasteiger partial charge in [-0.1, -0.05) is 23.2 Å². The molecule has 2 aliphatic heterocycles. The molecule has 1 amide bonds. The number of hydrogen-bond donors (Lipinski definition) is 1. The Labute approximate surface area is 194 Å². The van der Waals surface area contributed by atoms with Crippen LogP contribution in [0.3, 0.4) is 0 Å². The van der Waals surface area contributed by atoms with Crippen molar-refractivity contribution in [2.45, 2.75) is 11.0 Å². The van der Waals surface area contributed by atoms with E-state index in [4.69, 9.17) is 32.7 Å². The molecule has 4 rings (SSSR count). The molecule has 12 heteroatoms. The van der Waals surface area contributed by atoms with Gasteiger partial charge in [0.05, 0.1) is 36.0 Å². The predicted octanol–water partition coefficient (Wildman–Crippen LogP) is 3.27. The maximum absolute atomic E-state index is 14.7. The Morgan fingerprint density at radius 2 is 1.78 bits per heavy atom. The number of carbonyl (C=O) groups excluding carboxylic acids is 1. The van der Waals surface area contributed by atoms with Crippen LogP contribution in [0.15, 0.2) is 41.3 Å². The summed E-state index contributed by atoms with van der Waals surface area (Å²) in [7, 11) is -3.92. The van der Waals surface area contributed by atoms with E-state index in [0.717, 1.165) is 0 Å². The molecular formula is C20H20Cl2FN3O5S. The van der Waals surface area contributed by atoms with Crippen molar-refractivity contribution in [2.24, 2.45) is 0 Å². The summed E-state index contributed by atoms with van der Waals surface area (Å²) in [4.78, 5) is 15.4. The van der Waals surface area contributed by atoms with Gasteiger partial charge in [0.1, 0.15) is 11.9 Å². The van der Waals surface area contributed by atoms with Gasteiger partial charge >= 0.3 is 6.09 Å². The van der Waals surface area contributed by atoms with Crippen LogP contribution in [0, 0.1) is 5.82 Å². The molecule has 0 unspecified atom stereocenters. The molecule has 0 spiro atoms. The summed E-state index contributed by atoms with van der Waals surface area (Å²) >= 11 is 11.7. The van der Waals surface area contributed by atoms with Gasteiger partial charge in [-0.05, 0) is 36.4 Å². The summed E-state index contributed by atoms with van der Waals surface area (Å²) in [5.41, 5.74) is 0.769. The third-order valence-corrected chi connectivity index (χ3v) is 6.96. The van der Waals surface area contributed by atoms with Crippen LogP contribution in [-0.4, -0.2) is 60.0 Å². The Kier molecular flexibility index (Phi) is 6.78. The first-order valence-electron chi connectivity index (χ1n) is 9.79. The minimum atomic E-state index is -3.92. The number of anilines is 2. The SMILES string of the molecule is O=C1O[C@@H](CNS(=O)(=O)c2cc(Cl)cc(Cl)c2)CN1c1ccc(N2CCOCC2)c(F)c1. The van der Waals surface area contributed by atoms with Crippen LogP contribution < -0.4 is 14.5 Å². The maximum atomic E-state index is 14.7. The number of hydrogen-bond acceptors (Lipinski definition) is 6. The Morgan fingerprint density at radius 1 is 1.09 bits per heavy atom. The van der Waals surface area contributed by atoms with Crippen LogP contribution in [0.25, 0.3) is 0 Å². The first-order chi connectivity index (χ1) is 15.2. The fraction of sp³-hybridized carbons (Fsp3) is 0.350. The molecule has 1 atom stereocenters. The molecule has 0 aliphatic carbocycles. The maximum Gasteiger partial charge on any atom is 0.414 e. The highest BCUT2D eigenvalue weighted by molar-refractivity contribution is 7.89. The number of amides is 1. The van der Waals surface area contributed by atoms with Crippen molar-refractivity contribution < 1.29 is 27.1 Å². The highest BCUT2D eigenvalue weighted by Gasteiger charge is 2.34. The highest BCUT2D eigenvalue weighted by atomic mass is 35.5. The molecule has 1 N–H and O–H groups in total. The van der Waals surface area contributed by atoms with Gasteiger partial charge in [0.25, 0.3) is 0 Å². The molecule has 0 radical (unpaired) electrons. The smallest absolute Gasteiger partial charge is 0.414 e. The number of nitrogens with one attached hydrogen (secondary N) is 1. The first kappa shape index (κ1) is 23.1. The van der Waals surface area contributed by atoms with Crippen molar-refractivity contribution in [3.8, 4) is 0 Å². The van der Waals surface area contributed by atoms with Gasteiger partial charge in [0, 0.05) is 29.7 Å². The Bertz CT molecular complexity index is 1110. The van der Waals surface area contributed by atoms with Gasteiger partial charge in [0.15, 0.2) is 0 Å². The number of benzene rings is 2. The Balaban J connectivity index is 1.41. The second-order valence-electron chi connectivity index (χ2n) is 7.31. The van der Waals surface area contributed by atoms with Gasteiger partial charge in [-0.25, -0.2) is 22.3 Å². The first-order valence-corrected chi connectivity index (χ1v) is 12.0. The monoisotopic (exact) mass is 503 g/mol. The van der Waals surface area contributed by atoms with Gasteiger partial charge in [-0.3, -0.25) is 4.90 Å². The van der Waals surface area contributed by atoms with E-state index >= 15 is 0 Å². The number of ether oxygens (including phenoxy) is 2. The topological polar surface area (TPSA) is 88.2 Å². The van der Waals surface area contributed by atoms with Crippen LogP contribution in [0.2, 0.25) is 10.0 Å². The quantitative estimate of drug-likeness (QED) is 0.650. The summed E-state index contributed by atoms with van der Waals surface area (Å²) in [6, 6.07) is 8.47. The summed E-state index contributed by atoms with van der Waals surface area (Å²) in [6.07, 6.45) is -1.44. The van der Waals surface area contributed by atoms with Gasteiger partial charge < -0.3 is 14.4 Å². The zero-order valence-corrected chi connectivity index (χ0v) is 19.1. The molecule has 0 saturated carbocycles. The lowest BCUT2D eigenvalue weighted by Gasteiger charge is -2.29. The molecule has 2 aromatic rings. The second kappa shape index (κ2) is 9.40. The van der Waals surface area contributed by atoms with Crippen LogP contribution in [-0.2, 0) is 19.5 Å². The van der Waals surface area contributed by atoms with E-state index in [1.54, 1.807) is 12.1 Å². The van der Waals surface area contributed by atoms with Gasteiger partial charge in [0.2, 0.25) is 10.0 Å². The van der Waals surface area contributed by atoms with Crippen molar-refractivity contribution in [1.82, 2.24) is 4.72 Å². The summed E-state index contributed by atoms with van der Waals surface area (Å²) in [5.74, 6) is -0.459. The average molecular weight is 504 g/mol. The third-order valence-electron chi connectivity index (χ3n) is 5.12. The molecule has 2 heterocycles. The molecule has 2 saturated heterocycles. The molecule has 0 bridgehead atoms. The molecule has 32 heavy (non-hydrogen) atoms. The van der Waals surface area contributed by atoms with Crippen LogP contribution >= 0.6 is 23.2 Å². The van der Waals surface area contributed by atoms with Crippen molar-refractivity contribution in [3.05, 3.63) is 52.3 Å². The van der Waals surface area contributed by atoms with E-state index in [0.29, 0.717) is 37.7 Å². The largest absolute Gasteiger partial charge is 0.443 e. The molecule has 2 fully saturated rings. The normalized spacial score (nSPS) is 19.3. The predicted molar refractivity (Wildman–Crippen MR) is 119 cm³/mol. The van der Waals surface area contributed by atoms with Gasteiger partial charge in [-0.2, -0.15) is 0 Å². The van der Waals surface area contributed by atoms with Gasteiger partial charge in [-0.15, -0.1) is 0 Å². The van der Waals surface area contributed by atoms with E-state index < -0.39 is 28.0 Å². The van der Waals surface area contributed by atoms with Crippen LogP contribution in [0.5, 0.6) is 0 Å². The standard InChI is InChI=1S/C20H20Cl2FN3O5S/c21-13-7-14(22)9-17(8-13)32(28,29)24-11-16-12-26(20(27)31-16)15-1-2-19(18(23)10-15)25-3-5-30-6-4-25/h1-2,7-10,16,24H,3-6,11-12H2/t16-/m0/s1. The number of sulfonamides is 1.